The van der Waals surface area contributed by atoms with Crippen molar-refractivity contribution in [3.05, 3.63) is 46.9 Å². The number of rotatable bonds is 7. The SMILES string of the molecule is COc1ccc(NC(=O)CSc2nnnn2-c2ccc(Br)cc2)c(OC)c1. The van der Waals surface area contributed by atoms with Crippen molar-refractivity contribution in [3.8, 4) is 17.2 Å². The van der Waals surface area contributed by atoms with Gasteiger partial charge in [-0.25, -0.2) is 0 Å². The molecule has 1 N–H and O–H groups in total. The maximum atomic E-state index is 12.3. The fourth-order valence-corrected chi connectivity index (χ4v) is 3.19. The van der Waals surface area contributed by atoms with Crippen LogP contribution in [-0.4, -0.2) is 46.1 Å². The molecule has 10 heteroatoms. The smallest absolute Gasteiger partial charge is 0.234 e. The third-order valence-corrected chi connectivity index (χ3v) is 4.98. The summed E-state index contributed by atoms with van der Waals surface area (Å²) < 4.78 is 13.0. The van der Waals surface area contributed by atoms with E-state index < -0.39 is 0 Å². The molecule has 0 atom stereocenters. The highest BCUT2D eigenvalue weighted by Gasteiger charge is 2.13. The Bertz CT molecular complexity index is 933. The van der Waals surface area contributed by atoms with Gasteiger partial charge in [0.1, 0.15) is 11.5 Å². The first-order valence-corrected chi connectivity index (χ1v) is 9.57. The van der Waals surface area contributed by atoms with Crippen molar-refractivity contribution in [1.29, 1.82) is 0 Å². The minimum Gasteiger partial charge on any atom is -0.497 e. The lowest BCUT2D eigenvalue weighted by atomic mass is 10.2. The van der Waals surface area contributed by atoms with E-state index in [9.17, 15) is 4.79 Å². The lowest BCUT2D eigenvalue weighted by molar-refractivity contribution is -0.113. The number of tetrazole rings is 1. The van der Waals surface area contributed by atoms with Gasteiger partial charge < -0.3 is 14.8 Å². The first-order valence-electron chi connectivity index (χ1n) is 7.79. The number of anilines is 1. The van der Waals surface area contributed by atoms with Gasteiger partial charge in [0.2, 0.25) is 11.1 Å². The molecule has 1 amide bonds. The van der Waals surface area contributed by atoms with Crippen molar-refractivity contribution in [2.75, 3.05) is 25.3 Å². The summed E-state index contributed by atoms with van der Waals surface area (Å²) in [5.74, 6) is 1.11. The number of amides is 1. The molecule has 1 heterocycles. The summed E-state index contributed by atoms with van der Waals surface area (Å²) in [7, 11) is 3.10. The summed E-state index contributed by atoms with van der Waals surface area (Å²) in [5, 5.41) is 15.0. The van der Waals surface area contributed by atoms with Crippen molar-refractivity contribution in [1.82, 2.24) is 20.2 Å². The van der Waals surface area contributed by atoms with Gasteiger partial charge in [-0.15, -0.1) is 5.10 Å². The van der Waals surface area contributed by atoms with E-state index in [1.165, 1.54) is 18.9 Å². The number of halogens is 1. The minimum absolute atomic E-state index is 0.145. The number of aromatic nitrogens is 4. The highest BCUT2D eigenvalue weighted by molar-refractivity contribution is 9.10. The van der Waals surface area contributed by atoms with Crippen LogP contribution in [0.1, 0.15) is 0 Å². The fraction of sp³-hybridized carbons (Fsp3) is 0.176. The van der Waals surface area contributed by atoms with Crippen LogP contribution in [0, 0.1) is 0 Å². The largest absolute Gasteiger partial charge is 0.497 e. The zero-order valence-electron chi connectivity index (χ0n) is 14.5. The van der Waals surface area contributed by atoms with Gasteiger partial charge in [0, 0.05) is 10.5 Å². The summed E-state index contributed by atoms with van der Waals surface area (Å²) in [6.07, 6.45) is 0. The molecule has 0 aliphatic heterocycles. The van der Waals surface area contributed by atoms with Gasteiger partial charge in [0.05, 0.1) is 31.3 Å². The first kappa shape index (κ1) is 19.2. The molecule has 27 heavy (non-hydrogen) atoms. The highest BCUT2D eigenvalue weighted by atomic mass is 79.9. The number of carbonyl (C=O) groups is 1. The van der Waals surface area contributed by atoms with Gasteiger partial charge in [-0.2, -0.15) is 4.68 Å². The molecule has 0 saturated carbocycles. The molecular formula is C17H16BrN5O3S. The van der Waals surface area contributed by atoms with E-state index in [-0.39, 0.29) is 11.7 Å². The summed E-state index contributed by atoms with van der Waals surface area (Å²) in [5.41, 5.74) is 1.37. The van der Waals surface area contributed by atoms with Crippen molar-refractivity contribution in [2.24, 2.45) is 0 Å². The molecule has 0 unspecified atom stereocenters. The van der Waals surface area contributed by atoms with Gasteiger partial charge in [0.15, 0.2) is 0 Å². The van der Waals surface area contributed by atoms with E-state index in [4.69, 9.17) is 9.47 Å². The molecule has 8 nitrogen and oxygen atoms in total. The Morgan fingerprint density at radius 3 is 2.67 bits per heavy atom. The van der Waals surface area contributed by atoms with Crippen LogP contribution in [0.25, 0.3) is 5.69 Å². The Morgan fingerprint density at radius 2 is 1.96 bits per heavy atom. The second-order valence-corrected chi connectivity index (χ2v) is 7.11. The minimum atomic E-state index is -0.200. The number of hydrogen-bond donors (Lipinski definition) is 1. The number of nitrogens with one attached hydrogen (secondary N) is 1. The van der Waals surface area contributed by atoms with Gasteiger partial charge >= 0.3 is 0 Å². The van der Waals surface area contributed by atoms with Crippen LogP contribution in [0.4, 0.5) is 5.69 Å². The average Bonchev–Trinajstić information content (AvgIpc) is 3.16. The van der Waals surface area contributed by atoms with E-state index in [1.807, 2.05) is 24.3 Å². The first-order chi connectivity index (χ1) is 13.1. The van der Waals surface area contributed by atoms with Crippen LogP contribution in [0.5, 0.6) is 11.5 Å². The van der Waals surface area contributed by atoms with Crippen LogP contribution in [0.2, 0.25) is 0 Å². The zero-order chi connectivity index (χ0) is 19.2. The van der Waals surface area contributed by atoms with E-state index >= 15 is 0 Å². The molecule has 0 spiro atoms. The monoisotopic (exact) mass is 449 g/mol. The molecule has 0 aliphatic carbocycles. The molecule has 3 aromatic rings. The van der Waals surface area contributed by atoms with Crippen molar-refractivity contribution in [2.45, 2.75) is 5.16 Å². The predicted octanol–water partition coefficient (Wildman–Crippen LogP) is 3.17. The second-order valence-electron chi connectivity index (χ2n) is 5.25. The molecular weight excluding hydrogens is 434 g/mol. The normalized spacial score (nSPS) is 10.5. The van der Waals surface area contributed by atoms with E-state index in [2.05, 4.69) is 36.8 Å². The summed E-state index contributed by atoms with van der Waals surface area (Å²) >= 11 is 4.63. The third-order valence-electron chi connectivity index (χ3n) is 3.53. The summed E-state index contributed by atoms with van der Waals surface area (Å²) in [4.78, 5) is 12.3. The van der Waals surface area contributed by atoms with Gasteiger partial charge in [-0.3, -0.25) is 4.79 Å². The molecule has 1 aromatic heterocycles. The standard InChI is InChI=1S/C17H16BrN5O3S/c1-25-13-7-8-14(15(9-13)26-2)19-16(24)10-27-17-20-21-22-23(17)12-5-3-11(18)4-6-12/h3-9H,10H2,1-2H3,(H,19,24). The summed E-state index contributed by atoms with van der Waals surface area (Å²) in [6, 6.07) is 12.7. The number of hydrogen-bond acceptors (Lipinski definition) is 7. The Labute approximate surface area is 168 Å². The lowest BCUT2D eigenvalue weighted by Crippen LogP contribution is -2.15. The van der Waals surface area contributed by atoms with Crippen molar-refractivity contribution >= 4 is 39.3 Å². The Kier molecular flexibility index (Phi) is 6.30. The second kappa shape index (κ2) is 8.87. The third kappa shape index (κ3) is 4.77. The van der Waals surface area contributed by atoms with Gasteiger partial charge in [-0.1, -0.05) is 27.7 Å². The number of benzene rings is 2. The molecule has 140 valence electrons. The maximum absolute atomic E-state index is 12.3. The topological polar surface area (TPSA) is 91.2 Å². The quantitative estimate of drug-likeness (QED) is 0.553. The van der Waals surface area contributed by atoms with Crippen LogP contribution >= 0.6 is 27.7 Å². The average molecular weight is 450 g/mol. The van der Waals surface area contributed by atoms with E-state index in [0.29, 0.717) is 22.3 Å². The predicted molar refractivity (Wildman–Crippen MR) is 106 cm³/mol. The zero-order valence-corrected chi connectivity index (χ0v) is 17.0. The molecule has 0 aliphatic rings. The Morgan fingerprint density at radius 1 is 1.19 bits per heavy atom. The van der Waals surface area contributed by atoms with Crippen molar-refractivity contribution in [3.63, 3.8) is 0 Å². The van der Waals surface area contributed by atoms with Crippen LogP contribution in [-0.2, 0) is 4.79 Å². The number of ether oxygens (including phenoxy) is 2. The van der Waals surface area contributed by atoms with Gasteiger partial charge in [0.25, 0.3) is 0 Å². The van der Waals surface area contributed by atoms with Crippen LogP contribution < -0.4 is 14.8 Å². The highest BCUT2D eigenvalue weighted by Crippen LogP contribution is 2.29. The maximum Gasteiger partial charge on any atom is 0.234 e. The van der Waals surface area contributed by atoms with Crippen molar-refractivity contribution < 1.29 is 14.3 Å². The number of nitrogens with zero attached hydrogens (tertiary/aromatic N) is 4. The van der Waals surface area contributed by atoms with Gasteiger partial charge in [-0.05, 0) is 46.8 Å². The van der Waals surface area contributed by atoms with Crippen LogP contribution in [0.3, 0.4) is 0 Å². The van der Waals surface area contributed by atoms with E-state index in [0.717, 1.165) is 10.2 Å². The molecule has 0 radical (unpaired) electrons. The lowest BCUT2D eigenvalue weighted by Gasteiger charge is -2.11. The van der Waals surface area contributed by atoms with Crippen LogP contribution in [0.15, 0.2) is 52.1 Å². The Hall–Kier alpha value is -2.59. The molecule has 2 aromatic carbocycles. The molecule has 0 bridgehead atoms. The number of thioether (sulfide) groups is 1. The molecule has 3 rings (SSSR count). The molecule has 0 saturated heterocycles. The fourth-order valence-electron chi connectivity index (χ4n) is 2.23. The van der Waals surface area contributed by atoms with E-state index in [1.54, 1.807) is 30.0 Å². The number of carbonyl (C=O) groups excluding carboxylic acids is 1. The Balaban J connectivity index is 1.65. The number of methoxy groups -OCH3 is 2. The summed E-state index contributed by atoms with van der Waals surface area (Å²) in [6.45, 7) is 0. The molecule has 0 fully saturated rings.